The molecule has 0 fully saturated rings. The third kappa shape index (κ3) is 4.75. The molecule has 0 amide bonds. The second-order valence-electron chi connectivity index (χ2n) is 8.35. The lowest BCUT2D eigenvalue weighted by Gasteiger charge is -2.26. The molecular weight excluding hydrogens is 426 g/mol. The van der Waals surface area contributed by atoms with E-state index in [1.807, 2.05) is 22.9 Å². The van der Waals surface area contributed by atoms with Crippen LogP contribution in [0.25, 0.3) is 0 Å². The molecule has 2 heterocycles. The summed E-state index contributed by atoms with van der Waals surface area (Å²) in [7, 11) is -3.39. The first-order chi connectivity index (χ1) is 15.3. The molecule has 7 nitrogen and oxygen atoms in total. The number of benzene rings is 1. The molecule has 1 aliphatic carbocycles. The number of carbonyl (C=O) groups is 1. The summed E-state index contributed by atoms with van der Waals surface area (Å²) in [6.07, 6.45) is 10.2. The quantitative estimate of drug-likeness (QED) is 0.513. The van der Waals surface area contributed by atoms with Crippen molar-refractivity contribution in [2.24, 2.45) is 0 Å². The van der Waals surface area contributed by atoms with Gasteiger partial charge in [0.1, 0.15) is 11.9 Å². The number of sulfone groups is 1. The molecule has 0 unspecified atom stereocenters. The van der Waals surface area contributed by atoms with Gasteiger partial charge in [-0.05, 0) is 50.5 Å². The van der Waals surface area contributed by atoms with Crippen LogP contribution in [0.1, 0.15) is 59.8 Å². The maximum absolute atomic E-state index is 12.9. The van der Waals surface area contributed by atoms with E-state index in [-0.39, 0.29) is 11.5 Å². The zero-order valence-electron chi connectivity index (χ0n) is 18.3. The Morgan fingerprint density at radius 3 is 2.66 bits per heavy atom. The predicted octanol–water partition coefficient (Wildman–Crippen LogP) is 3.94. The third-order valence-corrected chi connectivity index (χ3v) is 7.97. The summed E-state index contributed by atoms with van der Waals surface area (Å²) in [6.45, 7) is 3.83. The lowest BCUT2D eigenvalue weighted by atomic mass is 9.87. The molecule has 0 spiro atoms. The number of pyridine rings is 1. The normalized spacial score (nSPS) is 14.9. The summed E-state index contributed by atoms with van der Waals surface area (Å²) in [6, 6.07) is 7.29. The van der Waals surface area contributed by atoms with Crippen LogP contribution in [-0.4, -0.2) is 34.0 Å². The fourth-order valence-corrected chi connectivity index (χ4v) is 4.98. The lowest BCUT2D eigenvalue weighted by Crippen LogP contribution is -2.22. The van der Waals surface area contributed by atoms with Gasteiger partial charge < -0.3 is 9.30 Å². The fraction of sp³-hybridized carbons (Fsp3) is 0.375. The highest BCUT2D eigenvalue weighted by Crippen LogP contribution is 2.35. The molecule has 2 aromatic heterocycles. The zero-order chi connectivity index (χ0) is 22.7. The van der Waals surface area contributed by atoms with Crippen LogP contribution >= 0.6 is 0 Å². The van der Waals surface area contributed by atoms with Crippen LogP contribution in [0.4, 0.5) is 0 Å². The van der Waals surface area contributed by atoms with Gasteiger partial charge in [0.15, 0.2) is 15.6 Å². The van der Waals surface area contributed by atoms with E-state index in [9.17, 15) is 13.2 Å². The highest BCUT2D eigenvalue weighted by atomic mass is 32.2. The number of Topliss-reactive ketones (excluding diaryl/α,β-unsaturated/α-hetero) is 1. The van der Waals surface area contributed by atoms with Crippen LogP contribution in [0.3, 0.4) is 0 Å². The highest BCUT2D eigenvalue weighted by Gasteiger charge is 2.28. The van der Waals surface area contributed by atoms with Crippen LogP contribution < -0.4 is 4.74 Å². The minimum Gasteiger partial charge on any atom is -0.483 e. The Bertz CT molecular complexity index is 1190. The van der Waals surface area contributed by atoms with Gasteiger partial charge in [0.2, 0.25) is 0 Å². The van der Waals surface area contributed by atoms with Crippen molar-refractivity contribution in [3.63, 3.8) is 0 Å². The smallest absolute Gasteiger partial charge is 0.163 e. The number of hydrogen-bond acceptors (Lipinski definition) is 6. The van der Waals surface area contributed by atoms with Crippen molar-refractivity contribution in [2.45, 2.75) is 56.8 Å². The van der Waals surface area contributed by atoms with E-state index in [1.54, 1.807) is 50.9 Å². The van der Waals surface area contributed by atoms with Gasteiger partial charge in [-0.15, -0.1) is 0 Å². The van der Waals surface area contributed by atoms with Gasteiger partial charge >= 0.3 is 0 Å². The molecule has 0 N–H and O–H groups in total. The Kier molecular flexibility index (Phi) is 6.41. The standard InChI is InChI=1S/C24H27N3O4S/c1-17(2)32(29,30)15-21-19-6-3-7-22(28)20(19)8-9-23(21)31-24(14-27-12-11-26-16-27)18-5-4-10-25-13-18/h4-5,8-13,16-17,24H,3,6-7,14-15H2,1-2H3/t24-/m1/s1. The summed E-state index contributed by atoms with van der Waals surface area (Å²) in [5.41, 5.74) is 2.89. The number of carbonyl (C=O) groups excluding carboxylic acids is 1. The molecule has 4 rings (SSSR count). The Balaban J connectivity index is 1.77. The number of imidazole rings is 1. The second kappa shape index (κ2) is 9.24. The van der Waals surface area contributed by atoms with Gasteiger partial charge in [-0.2, -0.15) is 0 Å². The van der Waals surface area contributed by atoms with Crippen LogP contribution in [0.5, 0.6) is 5.75 Å². The van der Waals surface area contributed by atoms with E-state index >= 15 is 0 Å². The predicted molar refractivity (Wildman–Crippen MR) is 121 cm³/mol. The van der Waals surface area contributed by atoms with Crippen molar-refractivity contribution in [3.05, 3.63) is 77.6 Å². The van der Waals surface area contributed by atoms with E-state index in [0.717, 1.165) is 11.1 Å². The number of aromatic nitrogens is 3. The van der Waals surface area contributed by atoms with Crippen molar-refractivity contribution in [3.8, 4) is 5.75 Å². The van der Waals surface area contributed by atoms with E-state index < -0.39 is 21.2 Å². The van der Waals surface area contributed by atoms with Crippen molar-refractivity contribution in [1.29, 1.82) is 0 Å². The fourth-order valence-electron chi connectivity index (χ4n) is 3.93. The molecular formula is C24H27N3O4S. The minimum atomic E-state index is -3.39. The van der Waals surface area contributed by atoms with Gasteiger partial charge in [0, 0.05) is 47.9 Å². The Labute approximate surface area is 188 Å². The third-order valence-electron chi connectivity index (χ3n) is 5.84. The van der Waals surface area contributed by atoms with Crippen LogP contribution in [-0.2, 0) is 28.6 Å². The summed E-state index contributed by atoms with van der Waals surface area (Å²) >= 11 is 0. The monoisotopic (exact) mass is 453 g/mol. The lowest BCUT2D eigenvalue weighted by molar-refractivity contribution is 0.0972. The largest absolute Gasteiger partial charge is 0.483 e. The molecule has 1 aromatic carbocycles. The Hall–Kier alpha value is -3.00. The van der Waals surface area contributed by atoms with Crippen LogP contribution in [0.2, 0.25) is 0 Å². The second-order valence-corrected chi connectivity index (χ2v) is 10.9. The topological polar surface area (TPSA) is 91.2 Å². The number of fused-ring (bicyclic) bond motifs is 1. The van der Waals surface area contributed by atoms with E-state index in [4.69, 9.17) is 4.74 Å². The maximum Gasteiger partial charge on any atom is 0.163 e. The van der Waals surface area contributed by atoms with Gasteiger partial charge in [-0.1, -0.05) is 6.07 Å². The number of ketones is 1. The Morgan fingerprint density at radius 1 is 1.12 bits per heavy atom. The molecule has 0 saturated carbocycles. The Morgan fingerprint density at radius 2 is 1.97 bits per heavy atom. The number of nitrogens with zero attached hydrogens (tertiary/aromatic N) is 3. The molecule has 1 aliphatic rings. The summed E-state index contributed by atoms with van der Waals surface area (Å²) in [5, 5.41) is -0.523. The first-order valence-electron chi connectivity index (χ1n) is 10.8. The van der Waals surface area contributed by atoms with Gasteiger partial charge in [0.05, 0.1) is 23.9 Å². The molecule has 0 radical (unpaired) electrons. The molecule has 168 valence electrons. The van der Waals surface area contributed by atoms with E-state index in [1.165, 1.54) is 0 Å². The summed E-state index contributed by atoms with van der Waals surface area (Å²) in [5.74, 6) is 0.404. The van der Waals surface area contributed by atoms with Gasteiger partial charge in [-0.25, -0.2) is 13.4 Å². The SMILES string of the molecule is CC(C)S(=O)(=O)Cc1c(O[C@H](Cn2ccnc2)c2cccnc2)ccc2c1CCCC2=O. The van der Waals surface area contributed by atoms with Crippen molar-refractivity contribution >= 4 is 15.6 Å². The van der Waals surface area contributed by atoms with Gasteiger partial charge in [0.25, 0.3) is 0 Å². The van der Waals surface area contributed by atoms with Crippen molar-refractivity contribution < 1.29 is 17.9 Å². The summed E-state index contributed by atoms with van der Waals surface area (Å²) in [4.78, 5) is 20.8. The average Bonchev–Trinajstić information content (AvgIpc) is 3.28. The first-order valence-corrected chi connectivity index (χ1v) is 12.5. The van der Waals surface area contributed by atoms with E-state index in [2.05, 4.69) is 9.97 Å². The van der Waals surface area contributed by atoms with Crippen LogP contribution in [0.15, 0.2) is 55.4 Å². The van der Waals surface area contributed by atoms with Crippen molar-refractivity contribution in [2.75, 3.05) is 0 Å². The molecule has 3 aromatic rings. The molecule has 8 heteroatoms. The summed E-state index contributed by atoms with van der Waals surface area (Å²) < 4.78 is 34.1. The number of rotatable bonds is 8. The average molecular weight is 454 g/mol. The van der Waals surface area contributed by atoms with Gasteiger partial charge in [-0.3, -0.25) is 9.78 Å². The maximum atomic E-state index is 12.9. The highest BCUT2D eigenvalue weighted by molar-refractivity contribution is 7.91. The molecule has 0 saturated heterocycles. The van der Waals surface area contributed by atoms with E-state index in [0.29, 0.717) is 42.7 Å². The molecule has 1 atom stereocenters. The molecule has 0 bridgehead atoms. The first kappa shape index (κ1) is 22.2. The minimum absolute atomic E-state index is 0.0585. The van der Waals surface area contributed by atoms with Crippen LogP contribution in [0, 0.1) is 0 Å². The molecule has 32 heavy (non-hydrogen) atoms. The van der Waals surface area contributed by atoms with Crippen molar-refractivity contribution in [1.82, 2.24) is 14.5 Å². The zero-order valence-corrected chi connectivity index (χ0v) is 19.1. The number of ether oxygens (including phenoxy) is 1. The number of hydrogen-bond donors (Lipinski definition) is 0. The molecule has 0 aliphatic heterocycles.